The Kier molecular flexibility index (Phi) is 11.8. The molecular weight excluding hydrogens is 280 g/mol. The molecule has 108 valence electrons. The molecular formula is C10H21ClN2O4S. The molecule has 8 heteroatoms. The Bertz CT molecular complexity index is 268. The van der Waals surface area contributed by atoms with Gasteiger partial charge >= 0.3 is 0 Å². The maximum absolute atomic E-state index is 8.49. The minimum absolute atomic E-state index is 1.18. The molecule has 0 aromatic rings. The predicted octanol–water partition coefficient (Wildman–Crippen LogP) is -2.88. The van der Waals surface area contributed by atoms with E-state index in [9.17, 15) is 0 Å². The highest BCUT2D eigenvalue weighted by Gasteiger charge is 1.99. The fourth-order valence-corrected chi connectivity index (χ4v) is 1.85. The standard InChI is InChI=1S/C10H21N2S.ClHO4/c1-6-7-13-10(8-11(2)3)9-12(4)5;2-1(3,4)5/h8-9H,6-7H2,1-5H3;(H,2,3,4,5)/q+1;/p-1. The van der Waals surface area contributed by atoms with Crippen molar-refractivity contribution in [3.63, 3.8) is 0 Å². The first kappa shape index (κ1) is 20.0. The predicted molar refractivity (Wildman–Crippen MR) is 62.7 cm³/mol. The van der Waals surface area contributed by atoms with Crippen LogP contribution in [-0.2, 0) is 0 Å². The highest BCUT2D eigenvalue weighted by Crippen LogP contribution is 2.14. The highest BCUT2D eigenvalue weighted by atomic mass is 35.7. The number of halogens is 1. The number of nitrogens with zero attached hydrogens (tertiary/aromatic N) is 2. The molecule has 0 aliphatic rings. The van der Waals surface area contributed by atoms with E-state index < -0.39 is 10.2 Å². The fourth-order valence-electron chi connectivity index (χ4n) is 0.837. The normalized spacial score (nSPS) is 11.5. The van der Waals surface area contributed by atoms with Gasteiger partial charge in [0.05, 0.1) is 4.91 Å². The minimum atomic E-state index is -4.94. The van der Waals surface area contributed by atoms with Crippen LogP contribution in [0.2, 0.25) is 0 Å². The molecule has 0 N–H and O–H groups in total. The van der Waals surface area contributed by atoms with Gasteiger partial charge in [-0.25, -0.2) is 23.2 Å². The number of thioether (sulfide) groups is 1. The smallest absolute Gasteiger partial charge is 0.178 e. The van der Waals surface area contributed by atoms with Crippen LogP contribution in [0.25, 0.3) is 0 Å². The molecule has 0 saturated heterocycles. The van der Waals surface area contributed by atoms with Gasteiger partial charge in [-0.05, 0) is 12.2 Å². The van der Waals surface area contributed by atoms with Crippen molar-refractivity contribution in [2.45, 2.75) is 13.3 Å². The van der Waals surface area contributed by atoms with E-state index in [-0.39, 0.29) is 0 Å². The molecule has 0 unspecified atom stereocenters. The summed E-state index contributed by atoms with van der Waals surface area (Å²) in [6, 6.07) is 0. The zero-order chi connectivity index (χ0) is 14.8. The number of allylic oxidation sites excluding steroid dienone is 1. The maximum Gasteiger partial charge on any atom is 0.178 e. The quantitative estimate of drug-likeness (QED) is 0.399. The third-order valence-electron chi connectivity index (χ3n) is 1.24. The lowest BCUT2D eigenvalue weighted by Crippen LogP contribution is -2.68. The Morgan fingerprint density at radius 2 is 1.67 bits per heavy atom. The summed E-state index contributed by atoms with van der Waals surface area (Å²) in [4.78, 5) is 3.40. The Labute approximate surface area is 115 Å². The molecule has 0 radical (unpaired) electrons. The summed E-state index contributed by atoms with van der Waals surface area (Å²) in [6.45, 7) is 2.20. The van der Waals surface area contributed by atoms with E-state index in [2.05, 4.69) is 57.0 Å². The molecule has 0 aliphatic heterocycles. The average molecular weight is 301 g/mol. The third-order valence-corrected chi connectivity index (χ3v) is 2.40. The van der Waals surface area contributed by atoms with Gasteiger partial charge in [-0.15, -0.1) is 22.0 Å². The van der Waals surface area contributed by atoms with Crippen LogP contribution in [0.15, 0.2) is 11.1 Å². The van der Waals surface area contributed by atoms with Gasteiger partial charge in [-0.1, -0.05) is 6.92 Å². The summed E-state index contributed by atoms with van der Waals surface area (Å²) in [5, 5.41) is 0. The van der Waals surface area contributed by atoms with Crippen LogP contribution in [0.5, 0.6) is 0 Å². The van der Waals surface area contributed by atoms with Crippen molar-refractivity contribution in [3.05, 3.63) is 11.1 Å². The van der Waals surface area contributed by atoms with Gasteiger partial charge in [0.1, 0.15) is 14.1 Å². The van der Waals surface area contributed by atoms with Crippen LogP contribution in [0.4, 0.5) is 0 Å². The van der Waals surface area contributed by atoms with Gasteiger partial charge in [0.2, 0.25) is 0 Å². The lowest BCUT2D eigenvalue weighted by Gasteiger charge is -2.17. The van der Waals surface area contributed by atoms with E-state index in [4.69, 9.17) is 18.6 Å². The Balaban J connectivity index is 0. The second-order valence-corrected chi connectivity index (χ2v) is 5.74. The number of hydrogen-bond acceptors (Lipinski definition) is 6. The largest absolute Gasteiger partial charge is 0.382 e. The van der Waals surface area contributed by atoms with Crippen molar-refractivity contribution in [2.24, 2.45) is 0 Å². The van der Waals surface area contributed by atoms with E-state index in [0.29, 0.717) is 0 Å². The highest BCUT2D eigenvalue weighted by molar-refractivity contribution is 8.03. The van der Waals surface area contributed by atoms with Crippen LogP contribution in [0.3, 0.4) is 0 Å². The zero-order valence-electron chi connectivity index (χ0n) is 11.4. The number of hydrogen-bond donors (Lipinski definition) is 0. The van der Waals surface area contributed by atoms with E-state index in [1.807, 2.05) is 11.8 Å². The average Bonchev–Trinajstić information content (AvgIpc) is 2.09. The van der Waals surface area contributed by atoms with Crippen LogP contribution >= 0.6 is 11.8 Å². The van der Waals surface area contributed by atoms with Crippen LogP contribution in [0.1, 0.15) is 13.3 Å². The van der Waals surface area contributed by atoms with Crippen LogP contribution in [-0.4, -0.2) is 49.6 Å². The SMILES string of the molecule is CCCS/C(C=[N+](C)C)=C\N(C)C.[O-][Cl+3]([O-])([O-])[O-]. The van der Waals surface area contributed by atoms with Crippen molar-refractivity contribution in [3.8, 4) is 0 Å². The van der Waals surface area contributed by atoms with Crippen molar-refractivity contribution in [1.82, 2.24) is 4.90 Å². The monoisotopic (exact) mass is 300 g/mol. The molecule has 0 saturated carbocycles. The van der Waals surface area contributed by atoms with Gasteiger partial charge in [0, 0.05) is 20.3 Å². The first-order valence-electron chi connectivity index (χ1n) is 5.20. The van der Waals surface area contributed by atoms with Gasteiger partial charge in [0.15, 0.2) is 6.21 Å². The summed E-state index contributed by atoms with van der Waals surface area (Å²) < 4.78 is 36.1. The van der Waals surface area contributed by atoms with Crippen LogP contribution < -0.4 is 18.6 Å². The lowest BCUT2D eigenvalue weighted by atomic mass is 10.6. The Morgan fingerprint density at radius 3 is 1.94 bits per heavy atom. The van der Waals surface area contributed by atoms with Crippen molar-refractivity contribution < 1.29 is 33.5 Å². The van der Waals surface area contributed by atoms with Crippen molar-refractivity contribution in [2.75, 3.05) is 33.9 Å². The van der Waals surface area contributed by atoms with Gasteiger partial charge in [-0.3, -0.25) is 0 Å². The summed E-state index contributed by atoms with van der Waals surface area (Å²) in [7, 11) is 3.26. The molecule has 0 rings (SSSR count). The van der Waals surface area contributed by atoms with E-state index in [1.165, 1.54) is 17.1 Å². The Hall–Kier alpha value is -0.310. The summed E-state index contributed by atoms with van der Waals surface area (Å²) >= 11 is 1.90. The topological polar surface area (TPSA) is 98.5 Å². The van der Waals surface area contributed by atoms with E-state index in [1.54, 1.807) is 0 Å². The molecule has 0 atom stereocenters. The maximum atomic E-state index is 8.49. The molecule has 0 bridgehead atoms. The first-order valence-corrected chi connectivity index (χ1v) is 7.42. The zero-order valence-corrected chi connectivity index (χ0v) is 13.0. The molecule has 0 aliphatic carbocycles. The third kappa shape index (κ3) is 24.8. The molecule has 0 fully saturated rings. The molecule has 6 nitrogen and oxygen atoms in total. The summed E-state index contributed by atoms with van der Waals surface area (Å²) in [6.07, 6.45) is 5.53. The van der Waals surface area contributed by atoms with E-state index in [0.717, 1.165) is 0 Å². The molecule has 0 aromatic heterocycles. The fraction of sp³-hybridized carbons (Fsp3) is 0.700. The number of rotatable bonds is 5. The Morgan fingerprint density at radius 1 is 1.22 bits per heavy atom. The summed E-state index contributed by atoms with van der Waals surface area (Å²) in [5.41, 5.74) is 0. The first-order chi connectivity index (χ1) is 8.06. The minimum Gasteiger partial charge on any atom is -0.382 e. The molecule has 0 amide bonds. The van der Waals surface area contributed by atoms with Crippen LogP contribution in [0, 0.1) is 10.2 Å². The summed E-state index contributed by atoms with van der Waals surface area (Å²) in [5.74, 6) is 1.18. The van der Waals surface area contributed by atoms with Crippen molar-refractivity contribution >= 4 is 18.0 Å². The molecule has 0 aromatic carbocycles. The van der Waals surface area contributed by atoms with Gasteiger partial charge < -0.3 is 4.90 Å². The molecule has 0 heterocycles. The van der Waals surface area contributed by atoms with E-state index >= 15 is 0 Å². The molecule has 0 spiro atoms. The molecule has 18 heavy (non-hydrogen) atoms. The second kappa shape index (κ2) is 10.6. The second-order valence-electron chi connectivity index (χ2n) is 3.81. The lowest BCUT2D eigenvalue weighted by molar-refractivity contribution is -2.00. The van der Waals surface area contributed by atoms with Gasteiger partial charge in [-0.2, -0.15) is 0 Å². The van der Waals surface area contributed by atoms with Gasteiger partial charge in [0.25, 0.3) is 0 Å². The van der Waals surface area contributed by atoms with Crippen molar-refractivity contribution in [1.29, 1.82) is 0 Å².